The van der Waals surface area contributed by atoms with Crippen LogP contribution in [-0.2, 0) is 25.5 Å². The number of amides is 1. The van der Waals surface area contributed by atoms with Gasteiger partial charge in [0, 0.05) is 18.9 Å². The van der Waals surface area contributed by atoms with Crippen LogP contribution in [0.2, 0.25) is 0 Å². The van der Waals surface area contributed by atoms with Crippen LogP contribution < -0.4 is 0 Å². The SMILES string of the molecule is Cc1cccc(CC(=O)C2C3C=CC4(O3)C2C(=O)N(C2CCCC(C)C2C)C4C(=O)CC2CCCCC2C)c1. The quantitative estimate of drug-likeness (QED) is 0.413. The molecule has 1 amide bonds. The molecule has 5 heteroatoms. The van der Waals surface area contributed by atoms with E-state index in [0.29, 0.717) is 30.1 Å². The second kappa shape index (κ2) is 10.3. The molecule has 5 nitrogen and oxygen atoms in total. The molecule has 0 N–H and O–H groups in total. The van der Waals surface area contributed by atoms with Crippen LogP contribution in [0, 0.1) is 42.4 Å². The first-order chi connectivity index (χ1) is 18.7. The summed E-state index contributed by atoms with van der Waals surface area (Å²) < 4.78 is 6.67. The van der Waals surface area contributed by atoms with Crippen molar-refractivity contribution in [3.63, 3.8) is 0 Å². The second-order valence-electron chi connectivity index (χ2n) is 13.6. The van der Waals surface area contributed by atoms with Gasteiger partial charge < -0.3 is 9.64 Å². The summed E-state index contributed by atoms with van der Waals surface area (Å²) in [6.07, 6.45) is 12.1. The van der Waals surface area contributed by atoms with Crippen LogP contribution in [0.3, 0.4) is 0 Å². The van der Waals surface area contributed by atoms with Gasteiger partial charge in [-0.05, 0) is 49.0 Å². The van der Waals surface area contributed by atoms with Crippen LogP contribution in [0.4, 0.5) is 0 Å². The highest BCUT2D eigenvalue weighted by Gasteiger charge is 2.73. The number of ketones is 2. The molecule has 3 heterocycles. The molecule has 2 saturated carbocycles. The van der Waals surface area contributed by atoms with Gasteiger partial charge in [-0.25, -0.2) is 0 Å². The largest absolute Gasteiger partial charge is 0.359 e. The van der Waals surface area contributed by atoms with Crippen LogP contribution in [0.15, 0.2) is 36.4 Å². The van der Waals surface area contributed by atoms with Crippen molar-refractivity contribution in [1.82, 2.24) is 4.90 Å². The summed E-state index contributed by atoms with van der Waals surface area (Å²) in [6.45, 7) is 8.82. The molecule has 5 aliphatic rings. The van der Waals surface area contributed by atoms with E-state index < -0.39 is 29.6 Å². The third-order valence-electron chi connectivity index (χ3n) is 11.2. The number of aryl methyl sites for hydroxylation is 1. The Labute approximate surface area is 233 Å². The fraction of sp³-hybridized carbons (Fsp3) is 0.676. The second-order valence-corrected chi connectivity index (χ2v) is 13.6. The van der Waals surface area contributed by atoms with Crippen LogP contribution in [0.1, 0.15) is 83.3 Å². The molecule has 2 saturated heterocycles. The molecule has 3 aliphatic heterocycles. The van der Waals surface area contributed by atoms with Gasteiger partial charge in [0.15, 0.2) is 5.78 Å². The van der Waals surface area contributed by atoms with Gasteiger partial charge in [0.05, 0.1) is 17.9 Å². The summed E-state index contributed by atoms with van der Waals surface area (Å²) >= 11 is 0. The lowest BCUT2D eigenvalue weighted by atomic mass is 9.70. The Hall–Kier alpha value is -2.27. The Balaban J connectivity index is 1.35. The van der Waals surface area contributed by atoms with Crippen molar-refractivity contribution in [1.29, 1.82) is 0 Å². The molecule has 10 atom stereocenters. The van der Waals surface area contributed by atoms with Crippen LogP contribution >= 0.6 is 0 Å². The lowest BCUT2D eigenvalue weighted by Gasteiger charge is -2.44. The summed E-state index contributed by atoms with van der Waals surface area (Å²) in [6, 6.07) is 7.42. The summed E-state index contributed by atoms with van der Waals surface area (Å²) in [5, 5.41) is 0. The highest BCUT2D eigenvalue weighted by molar-refractivity contribution is 6.01. The zero-order valence-corrected chi connectivity index (χ0v) is 24.1. The molecule has 1 aromatic carbocycles. The van der Waals surface area contributed by atoms with Gasteiger partial charge in [-0.3, -0.25) is 14.4 Å². The number of nitrogens with zero attached hydrogens (tertiary/aromatic N) is 1. The van der Waals surface area contributed by atoms with Gasteiger partial charge in [-0.15, -0.1) is 0 Å². The predicted octanol–water partition coefficient (Wildman–Crippen LogP) is 5.87. The Kier molecular flexibility index (Phi) is 7.10. The van der Waals surface area contributed by atoms with E-state index in [1.165, 1.54) is 19.3 Å². The van der Waals surface area contributed by atoms with E-state index in [1.54, 1.807) is 0 Å². The normalized spacial score (nSPS) is 41.2. The molecule has 1 spiro atoms. The predicted molar refractivity (Wildman–Crippen MR) is 151 cm³/mol. The molecule has 2 bridgehead atoms. The molecule has 39 heavy (non-hydrogen) atoms. The van der Waals surface area contributed by atoms with Crippen LogP contribution in [0.5, 0.6) is 0 Å². The fourth-order valence-electron chi connectivity index (χ4n) is 8.86. The Morgan fingerprint density at radius 2 is 1.77 bits per heavy atom. The minimum atomic E-state index is -1.01. The van der Waals surface area contributed by atoms with Crippen molar-refractivity contribution < 1.29 is 19.1 Å². The molecule has 6 rings (SSSR count). The van der Waals surface area contributed by atoms with Crippen LogP contribution in [-0.4, -0.2) is 46.2 Å². The van der Waals surface area contributed by atoms with E-state index >= 15 is 0 Å². The number of likely N-dealkylation sites (tertiary alicyclic amines) is 1. The van der Waals surface area contributed by atoms with E-state index in [4.69, 9.17) is 4.74 Å². The highest BCUT2D eigenvalue weighted by Crippen LogP contribution is 2.57. The van der Waals surface area contributed by atoms with E-state index in [-0.39, 0.29) is 29.9 Å². The number of ether oxygens (including phenoxy) is 1. The van der Waals surface area contributed by atoms with Crippen LogP contribution in [0.25, 0.3) is 0 Å². The molecule has 210 valence electrons. The van der Waals surface area contributed by atoms with Gasteiger partial charge in [0.1, 0.15) is 17.4 Å². The number of carbonyl (C=O) groups excluding carboxylic acids is 3. The maximum absolute atomic E-state index is 14.5. The number of hydrogen-bond donors (Lipinski definition) is 0. The molecule has 0 aromatic heterocycles. The first-order valence-electron chi connectivity index (χ1n) is 15.5. The van der Waals surface area contributed by atoms with Crippen molar-refractivity contribution in [3.05, 3.63) is 47.5 Å². The number of Topliss-reactive ketones (excluding diaryl/α,β-unsaturated/α-hetero) is 2. The average Bonchev–Trinajstić information content (AvgIpc) is 3.54. The van der Waals surface area contributed by atoms with Gasteiger partial charge in [-0.1, -0.05) is 94.9 Å². The molecule has 4 fully saturated rings. The Morgan fingerprint density at radius 1 is 1.00 bits per heavy atom. The zero-order chi connectivity index (χ0) is 27.5. The molecule has 2 aliphatic carbocycles. The number of carbonyl (C=O) groups is 3. The topological polar surface area (TPSA) is 63.7 Å². The van der Waals surface area contributed by atoms with E-state index in [2.05, 4.69) is 20.8 Å². The first-order valence-corrected chi connectivity index (χ1v) is 15.5. The zero-order valence-electron chi connectivity index (χ0n) is 24.1. The smallest absolute Gasteiger partial charge is 0.230 e. The van der Waals surface area contributed by atoms with Crippen molar-refractivity contribution in [3.8, 4) is 0 Å². The van der Waals surface area contributed by atoms with Crippen molar-refractivity contribution in [2.75, 3.05) is 0 Å². The Bertz CT molecular complexity index is 1170. The van der Waals surface area contributed by atoms with Gasteiger partial charge in [0.25, 0.3) is 0 Å². The molecule has 0 radical (unpaired) electrons. The van der Waals surface area contributed by atoms with E-state index in [1.807, 2.05) is 48.2 Å². The van der Waals surface area contributed by atoms with Gasteiger partial charge >= 0.3 is 0 Å². The fourth-order valence-corrected chi connectivity index (χ4v) is 8.86. The monoisotopic (exact) mass is 531 g/mol. The standard InChI is InChI=1S/C34H45NO4/c1-20-9-7-12-24(17-20)18-27(36)30-29-15-16-34(39-29)31(30)33(38)35(26-14-8-11-21(2)23(26)4)32(34)28(37)19-25-13-6-5-10-22(25)3/h7,9,12,15-17,21-23,25-26,29-32H,5-6,8,10-11,13-14,18-19H2,1-4H3. The van der Waals surface area contributed by atoms with E-state index in [0.717, 1.165) is 36.8 Å². The van der Waals surface area contributed by atoms with Gasteiger partial charge in [-0.2, -0.15) is 0 Å². The lowest BCUT2D eigenvalue weighted by molar-refractivity contribution is -0.146. The number of hydrogen-bond acceptors (Lipinski definition) is 4. The molecular weight excluding hydrogens is 486 g/mol. The highest BCUT2D eigenvalue weighted by atomic mass is 16.5. The first kappa shape index (κ1) is 26.9. The summed E-state index contributed by atoms with van der Waals surface area (Å²) in [5.74, 6) is 0.726. The summed E-state index contributed by atoms with van der Waals surface area (Å²) in [4.78, 5) is 44.7. The van der Waals surface area contributed by atoms with Crippen molar-refractivity contribution in [2.24, 2.45) is 35.5 Å². The Morgan fingerprint density at radius 3 is 2.54 bits per heavy atom. The maximum atomic E-state index is 14.5. The molecule has 1 aromatic rings. The van der Waals surface area contributed by atoms with Gasteiger partial charge in [0.2, 0.25) is 5.91 Å². The third kappa shape index (κ3) is 4.44. The number of rotatable bonds is 7. The summed E-state index contributed by atoms with van der Waals surface area (Å²) in [7, 11) is 0. The molecular formula is C34H45NO4. The minimum Gasteiger partial charge on any atom is -0.359 e. The molecule has 10 unspecified atom stereocenters. The summed E-state index contributed by atoms with van der Waals surface area (Å²) in [5.41, 5.74) is 1.08. The average molecular weight is 532 g/mol. The van der Waals surface area contributed by atoms with Crippen molar-refractivity contribution in [2.45, 2.75) is 109 Å². The number of fused-ring (bicyclic) bond motifs is 1. The third-order valence-corrected chi connectivity index (χ3v) is 11.2. The van der Waals surface area contributed by atoms with E-state index in [9.17, 15) is 14.4 Å². The number of benzene rings is 1. The maximum Gasteiger partial charge on any atom is 0.230 e. The van der Waals surface area contributed by atoms with Crippen molar-refractivity contribution >= 4 is 17.5 Å². The lowest BCUT2D eigenvalue weighted by Crippen LogP contribution is -2.56. The minimum absolute atomic E-state index is 0.0162.